The number of aryl methyl sites for hydroxylation is 2. The van der Waals surface area contributed by atoms with E-state index in [1.54, 1.807) is 0 Å². The lowest BCUT2D eigenvalue weighted by Gasteiger charge is -2.32. The summed E-state index contributed by atoms with van der Waals surface area (Å²) >= 11 is 0. The minimum atomic E-state index is -0.0831. The molecular formula is C25H29N5O. The number of para-hydroxylation sites is 1. The number of benzene rings is 2. The number of nitrogens with one attached hydrogen (secondary N) is 1. The van der Waals surface area contributed by atoms with E-state index in [0.717, 1.165) is 51.8 Å². The first-order valence-corrected chi connectivity index (χ1v) is 10.8. The minimum absolute atomic E-state index is 0.0831. The molecule has 0 atom stereocenters. The maximum Gasteiger partial charge on any atom is 0.322 e. The molecule has 1 aliphatic heterocycles. The SMILES string of the molecule is CCN(C)c1nc(-c2ccccc2)nc2c1CN(C(=O)Nc1c(C)cccc1C)CC2. The molecule has 0 saturated carbocycles. The summed E-state index contributed by atoms with van der Waals surface area (Å²) < 4.78 is 0. The number of carbonyl (C=O) groups excluding carboxylic acids is 1. The van der Waals surface area contributed by atoms with Crippen LogP contribution in [0, 0.1) is 13.8 Å². The van der Waals surface area contributed by atoms with Crippen molar-refractivity contribution in [1.29, 1.82) is 0 Å². The molecule has 2 heterocycles. The number of urea groups is 1. The predicted octanol–water partition coefficient (Wildman–Crippen LogP) is 4.81. The van der Waals surface area contributed by atoms with E-state index in [9.17, 15) is 4.79 Å². The number of rotatable bonds is 4. The van der Waals surface area contributed by atoms with Crippen LogP contribution in [-0.2, 0) is 13.0 Å². The van der Waals surface area contributed by atoms with E-state index in [-0.39, 0.29) is 6.03 Å². The average molecular weight is 416 g/mol. The van der Waals surface area contributed by atoms with Crippen LogP contribution in [0.3, 0.4) is 0 Å². The topological polar surface area (TPSA) is 61.4 Å². The van der Waals surface area contributed by atoms with Gasteiger partial charge in [-0.2, -0.15) is 0 Å². The average Bonchev–Trinajstić information content (AvgIpc) is 2.80. The van der Waals surface area contributed by atoms with E-state index in [2.05, 4.69) is 17.1 Å². The molecule has 4 rings (SSSR count). The highest BCUT2D eigenvalue weighted by Gasteiger charge is 2.27. The van der Waals surface area contributed by atoms with Crippen LogP contribution in [0.25, 0.3) is 11.4 Å². The molecule has 1 aromatic heterocycles. The number of fused-ring (bicyclic) bond motifs is 1. The highest BCUT2D eigenvalue weighted by molar-refractivity contribution is 5.91. The predicted molar refractivity (Wildman–Crippen MR) is 125 cm³/mol. The fraction of sp³-hybridized carbons (Fsp3) is 0.320. The molecule has 2 aromatic carbocycles. The van der Waals surface area contributed by atoms with E-state index >= 15 is 0 Å². The molecule has 2 amide bonds. The Kier molecular flexibility index (Phi) is 5.89. The summed E-state index contributed by atoms with van der Waals surface area (Å²) in [5, 5.41) is 3.11. The van der Waals surface area contributed by atoms with Crippen molar-refractivity contribution in [1.82, 2.24) is 14.9 Å². The lowest BCUT2D eigenvalue weighted by molar-refractivity contribution is 0.206. The Morgan fingerprint density at radius 3 is 2.45 bits per heavy atom. The van der Waals surface area contributed by atoms with Crippen LogP contribution >= 0.6 is 0 Å². The maximum absolute atomic E-state index is 13.1. The third-order valence-corrected chi connectivity index (χ3v) is 5.91. The first-order valence-electron chi connectivity index (χ1n) is 10.8. The van der Waals surface area contributed by atoms with Gasteiger partial charge in [-0.1, -0.05) is 48.5 Å². The molecule has 3 aromatic rings. The van der Waals surface area contributed by atoms with Crippen molar-refractivity contribution in [3.63, 3.8) is 0 Å². The molecule has 0 spiro atoms. The summed E-state index contributed by atoms with van der Waals surface area (Å²) in [6.45, 7) is 8.09. The quantitative estimate of drug-likeness (QED) is 0.664. The van der Waals surface area contributed by atoms with Crippen LogP contribution in [-0.4, -0.2) is 41.0 Å². The van der Waals surface area contributed by atoms with E-state index in [1.807, 2.05) is 74.3 Å². The number of anilines is 2. The fourth-order valence-electron chi connectivity index (χ4n) is 3.95. The fourth-order valence-corrected chi connectivity index (χ4v) is 3.95. The van der Waals surface area contributed by atoms with Crippen molar-refractivity contribution < 1.29 is 4.79 Å². The molecule has 0 saturated heterocycles. The van der Waals surface area contributed by atoms with Gasteiger partial charge >= 0.3 is 6.03 Å². The van der Waals surface area contributed by atoms with E-state index in [4.69, 9.17) is 9.97 Å². The van der Waals surface area contributed by atoms with Crippen LogP contribution < -0.4 is 10.2 Å². The van der Waals surface area contributed by atoms with E-state index < -0.39 is 0 Å². The molecule has 0 radical (unpaired) electrons. The maximum atomic E-state index is 13.1. The first kappa shape index (κ1) is 20.8. The minimum Gasteiger partial charge on any atom is -0.360 e. The Bertz CT molecular complexity index is 1080. The Morgan fingerprint density at radius 1 is 1.06 bits per heavy atom. The van der Waals surface area contributed by atoms with Gasteiger partial charge in [-0.25, -0.2) is 14.8 Å². The number of nitrogens with zero attached hydrogens (tertiary/aromatic N) is 4. The zero-order valence-electron chi connectivity index (χ0n) is 18.6. The highest BCUT2D eigenvalue weighted by Crippen LogP contribution is 2.30. The summed E-state index contributed by atoms with van der Waals surface area (Å²) in [5.41, 5.74) is 6.08. The zero-order chi connectivity index (χ0) is 22.0. The second-order valence-corrected chi connectivity index (χ2v) is 8.04. The van der Waals surface area contributed by atoms with Gasteiger partial charge < -0.3 is 15.1 Å². The van der Waals surface area contributed by atoms with Crippen LogP contribution in [0.2, 0.25) is 0 Å². The number of aromatic nitrogens is 2. The summed E-state index contributed by atoms with van der Waals surface area (Å²) in [4.78, 5) is 26.8. The van der Waals surface area contributed by atoms with Gasteiger partial charge in [-0.05, 0) is 31.9 Å². The molecule has 0 bridgehead atoms. The normalized spacial score (nSPS) is 13.0. The summed E-state index contributed by atoms with van der Waals surface area (Å²) in [5.74, 6) is 1.64. The molecule has 0 aliphatic carbocycles. The van der Waals surface area contributed by atoms with Gasteiger partial charge in [0.25, 0.3) is 0 Å². The van der Waals surface area contributed by atoms with Gasteiger partial charge in [0, 0.05) is 43.4 Å². The lowest BCUT2D eigenvalue weighted by atomic mass is 10.0. The second kappa shape index (κ2) is 8.76. The van der Waals surface area contributed by atoms with Gasteiger partial charge in [0.15, 0.2) is 5.82 Å². The summed E-state index contributed by atoms with van der Waals surface area (Å²) in [6, 6.07) is 16.0. The summed E-state index contributed by atoms with van der Waals surface area (Å²) in [6.07, 6.45) is 0.711. The second-order valence-electron chi connectivity index (χ2n) is 8.04. The van der Waals surface area contributed by atoms with Gasteiger partial charge in [0.05, 0.1) is 12.2 Å². The molecule has 1 aliphatic rings. The highest BCUT2D eigenvalue weighted by atomic mass is 16.2. The number of hydrogen-bond donors (Lipinski definition) is 1. The van der Waals surface area contributed by atoms with Gasteiger partial charge in [0.2, 0.25) is 0 Å². The van der Waals surface area contributed by atoms with Crippen molar-refractivity contribution in [2.24, 2.45) is 0 Å². The van der Waals surface area contributed by atoms with Crippen LogP contribution in [0.5, 0.6) is 0 Å². The van der Waals surface area contributed by atoms with E-state index in [0.29, 0.717) is 19.5 Å². The molecule has 6 nitrogen and oxygen atoms in total. The Labute approximate surface area is 183 Å². The van der Waals surface area contributed by atoms with Crippen molar-refractivity contribution in [2.75, 3.05) is 30.4 Å². The molecule has 0 unspecified atom stereocenters. The smallest absolute Gasteiger partial charge is 0.322 e. The van der Waals surface area contributed by atoms with Crippen LogP contribution in [0.15, 0.2) is 48.5 Å². The molecule has 0 fully saturated rings. The van der Waals surface area contributed by atoms with Crippen molar-refractivity contribution in [3.05, 3.63) is 70.9 Å². The standard InChI is InChI=1S/C25H29N5O/c1-5-29(4)24-20-16-30(25(31)27-22-17(2)10-9-11-18(22)3)15-14-21(20)26-23(28-24)19-12-7-6-8-13-19/h6-13H,5,14-16H2,1-4H3,(H,27,31). The zero-order valence-corrected chi connectivity index (χ0v) is 18.6. The van der Waals surface area contributed by atoms with Crippen molar-refractivity contribution >= 4 is 17.5 Å². The van der Waals surface area contributed by atoms with Gasteiger partial charge in [-0.3, -0.25) is 0 Å². The Hall–Kier alpha value is -3.41. The van der Waals surface area contributed by atoms with Gasteiger partial charge in [-0.15, -0.1) is 0 Å². The van der Waals surface area contributed by atoms with Gasteiger partial charge in [0.1, 0.15) is 5.82 Å². The Morgan fingerprint density at radius 2 is 1.77 bits per heavy atom. The third-order valence-electron chi connectivity index (χ3n) is 5.91. The van der Waals surface area contributed by atoms with Crippen molar-refractivity contribution in [3.8, 4) is 11.4 Å². The Balaban J connectivity index is 1.64. The van der Waals surface area contributed by atoms with Crippen molar-refractivity contribution in [2.45, 2.75) is 33.7 Å². The summed E-state index contributed by atoms with van der Waals surface area (Å²) in [7, 11) is 2.03. The molecule has 1 N–H and O–H groups in total. The molecule has 160 valence electrons. The molecular weight excluding hydrogens is 386 g/mol. The number of amides is 2. The number of carbonyl (C=O) groups is 1. The number of hydrogen-bond acceptors (Lipinski definition) is 4. The van der Waals surface area contributed by atoms with E-state index in [1.165, 1.54) is 0 Å². The van der Waals surface area contributed by atoms with Crippen LogP contribution in [0.1, 0.15) is 29.3 Å². The monoisotopic (exact) mass is 415 g/mol. The lowest BCUT2D eigenvalue weighted by Crippen LogP contribution is -2.40. The first-order chi connectivity index (χ1) is 15.0. The molecule has 6 heteroatoms. The molecule has 31 heavy (non-hydrogen) atoms. The third kappa shape index (κ3) is 4.24. The largest absolute Gasteiger partial charge is 0.360 e. The van der Waals surface area contributed by atoms with Crippen LogP contribution in [0.4, 0.5) is 16.3 Å².